The Hall–Kier alpha value is -3.46. The maximum absolute atomic E-state index is 13.7. The van der Waals surface area contributed by atoms with E-state index in [2.05, 4.69) is 15.6 Å². The zero-order valence-corrected chi connectivity index (χ0v) is 18.6. The Kier molecular flexibility index (Phi) is 6.33. The SMILES string of the molecule is Cc1[nH]c(/C=C2\C(=O)Nc3ccc(F)cc32)c(C)c1C(=O)NC[C@H](O)C(=O)N1CCCCC1. The summed E-state index contributed by atoms with van der Waals surface area (Å²) < 4.78 is 13.7. The molecule has 9 heteroatoms. The lowest BCUT2D eigenvalue weighted by molar-refractivity contribution is -0.140. The number of fused-ring (bicyclic) bond motifs is 1. The molecule has 0 spiro atoms. The number of aromatic nitrogens is 1. The van der Waals surface area contributed by atoms with E-state index >= 15 is 0 Å². The molecule has 0 unspecified atom stereocenters. The van der Waals surface area contributed by atoms with Crippen LogP contribution in [0.15, 0.2) is 18.2 Å². The lowest BCUT2D eigenvalue weighted by Gasteiger charge is -2.28. The number of aromatic amines is 1. The molecule has 1 saturated heterocycles. The Labute approximate surface area is 190 Å². The van der Waals surface area contributed by atoms with Crippen molar-refractivity contribution in [2.75, 3.05) is 25.0 Å². The largest absolute Gasteiger partial charge is 0.381 e. The van der Waals surface area contributed by atoms with Crippen molar-refractivity contribution in [2.45, 2.75) is 39.2 Å². The number of likely N-dealkylation sites (tertiary alicyclic amines) is 1. The van der Waals surface area contributed by atoms with Crippen molar-refractivity contribution >= 4 is 35.1 Å². The molecule has 1 atom stereocenters. The molecular weight excluding hydrogens is 427 g/mol. The van der Waals surface area contributed by atoms with Crippen LogP contribution in [0.25, 0.3) is 11.6 Å². The molecule has 1 fully saturated rings. The highest BCUT2D eigenvalue weighted by molar-refractivity contribution is 6.34. The number of piperidine rings is 1. The molecule has 2 aliphatic rings. The summed E-state index contributed by atoms with van der Waals surface area (Å²) in [5.74, 6) is -1.61. The Balaban J connectivity index is 1.49. The lowest BCUT2D eigenvalue weighted by atomic mass is 10.0. The fourth-order valence-electron chi connectivity index (χ4n) is 4.40. The number of rotatable bonds is 5. The maximum Gasteiger partial charge on any atom is 0.256 e. The maximum atomic E-state index is 13.7. The first-order chi connectivity index (χ1) is 15.8. The molecule has 0 radical (unpaired) electrons. The van der Waals surface area contributed by atoms with E-state index in [1.807, 2.05) is 0 Å². The molecule has 2 aromatic rings. The summed E-state index contributed by atoms with van der Waals surface area (Å²) in [7, 11) is 0. The quantitative estimate of drug-likeness (QED) is 0.519. The number of anilines is 1. The van der Waals surface area contributed by atoms with E-state index in [-0.39, 0.29) is 18.4 Å². The molecule has 33 heavy (non-hydrogen) atoms. The van der Waals surface area contributed by atoms with Crippen LogP contribution in [0.2, 0.25) is 0 Å². The zero-order valence-electron chi connectivity index (χ0n) is 18.6. The topological polar surface area (TPSA) is 115 Å². The number of nitrogens with one attached hydrogen (secondary N) is 3. The number of benzene rings is 1. The predicted octanol–water partition coefficient (Wildman–Crippen LogP) is 2.37. The average Bonchev–Trinajstić information content (AvgIpc) is 3.26. The third-order valence-electron chi connectivity index (χ3n) is 6.17. The standard InChI is InChI=1S/C24H27FN4O4/c1-13-19(11-17-16-10-15(25)6-7-18(16)28-22(17)31)27-14(2)21(13)23(32)26-12-20(30)24(33)29-8-4-3-5-9-29/h6-7,10-11,20,27,30H,3-5,8-9,12H2,1-2H3,(H,26,32)(H,28,31)/b17-11-/t20-/m0/s1. The van der Waals surface area contributed by atoms with E-state index in [4.69, 9.17) is 0 Å². The smallest absolute Gasteiger partial charge is 0.256 e. The van der Waals surface area contributed by atoms with Crippen molar-refractivity contribution in [3.63, 3.8) is 0 Å². The Bertz CT molecular complexity index is 1150. The average molecular weight is 455 g/mol. The Morgan fingerprint density at radius 2 is 1.97 bits per heavy atom. The molecule has 2 aliphatic heterocycles. The van der Waals surface area contributed by atoms with E-state index in [1.165, 1.54) is 18.2 Å². The molecule has 3 heterocycles. The molecule has 1 aromatic carbocycles. The van der Waals surface area contributed by atoms with Crippen LogP contribution in [-0.4, -0.2) is 58.5 Å². The van der Waals surface area contributed by atoms with Crippen LogP contribution in [0.1, 0.15) is 52.1 Å². The minimum absolute atomic E-state index is 0.191. The van der Waals surface area contributed by atoms with Gasteiger partial charge in [0.05, 0.1) is 17.7 Å². The summed E-state index contributed by atoms with van der Waals surface area (Å²) in [6.07, 6.45) is 3.19. The van der Waals surface area contributed by atoms with Crippen LogP contribution in [-0.2, 0) is 9.59 Å². The van der Waals surface area contributed by atoms with Crippen LogP contribution in [0, 0.1) is 19.7 Å². The molecule has 0 saturated carbocycles. The molecule has 8 nitrogen and oxygen atoms in total. The first-order valence-corrected chi connectivity index (χ1v) is 11.0. The van der Waals surface area contributed by atoms with Crippen molar-refractivity contribution in [2.24, 2.45) is 0 Å². The van der Waals surface area contributed by atoms with Gasteiger partial charge in [0.2, 0.25) is 0 Å². The van der Waals surface area contributed by atoms with E-state index in [9.17, 15) is 23.9 Å². The Morgan fingerprint density at radius 1 is 1.24 bits per heavy atom. The van der Waals surface area contributed by atoms with Gasteiger partial charge in [-0.2, -0.15) is 0 Å². The van der Waals surface area contributed by atoms with E-state index in [1.54, 1.807) is 24.8 Å². The van der Waals surface area contributed by atoms with Crippen molar-refractivity contribution in [1.29, 1.82) is 0 Å². The summed E-state index contributed by atoms with van der Waals surface area (Å²) in [4.78, 5) is 42.3. The van der Waals surface area contributed by atoms with Crippen LogP contribution in [0.4, 0.5) is 10.1 Å². The predicted molar refractivity (Wildman–Crippen MR) is 122 cm³/mol. The zero-order chi connectivity index (χ0) is 23.7. The second-order valence-corrected chi connectivity index (χ2v) is 8.48. The molecule has 3 amide bonds. The number of carbonyl (C=O) groups excluding carboxylic acids is 3. The normalized spacial score (nSPS) is 17.6. The summed E-state index contributed by atoms with van der Waals surface area (Å²) >= 11 is 0. The van der Waals surface area contributed by atoms with Crippen LogP contribution < -0.4 is 10.6 Å². The minimum atomic E-state index is -1.30. The summed E-state index contributed by atoms with van der Waals surface area (Å²) in [6, 6.07) is 4.07. The molecule has 4 rings (SSSR count). The first-order valence-electron chi connectivity index (χ1n) is 11.0. The van der Waals surface area contributed by atoms with E-state index in [0.717, 1.165) is 19.3 Å². The minimum Gasteiger partial charge on any atom is -0.381 e. The van der Waals surface area contributed by atoms with Gasteiger partial charge >= 0.3 is 0 Å². The number of hydrogen-bond acceptors (Lipinski definition) is 4. The fraction of sp³-hybridized carbons (Fsp3) is 0.375. The second kappa shape index (κ2) is 9.19. The van der Waals surface area contributed by atoms with Crippen molar-refractivity contribution in [3.05, 3.63) is 52.1 Å². The van der Waals surface area contributed by atoms with Gasteiger partial charge in [0, 0.05) is 35.7 Å². The molecule has 4 N–H and O–H groups in total. The van der Waals surface area contributed by atoms with Crippen molar-refractivity contribution in [3.8, 4) is 0 Å². The first kappa shape index (κ1) is 22.7. The highest BCUT2D eigenvalue weighted by Crippen LogP contribution is 2.34. The number of amides is 3. The summed E-state index contributed by atoms with van der Waals surface area (Å²) in [6.45, 7) is 4.52. The summed E-state index contributed by atoms with van der Waals surface area (Å²) in [5.41, 5.74) is 3.38. The van der Waals surface area contributed by atoms with Gasteiger partial charge in [-0.05, 0) is 62.9 Å². The van der Waals surface area contributed by atoms with Gasteiger partial charge in [0.1, 0.15) is 11.9 Å². The number of aliphatic hydroxyl groups excluding tert-OH is 1. The monoisotopic (exact) mass is 454 g/mol. The van der Waals surface area contributed by atoms with Gasteiger partial charge in [-0.25, -0.2) is 4.39 Å². The third kappa shape index (κ3) is 4.54. The summed E-state index contributed by atoms with van der Waals surface area (Å²) in [5, 5.41) is 15.6. The van der Waals surface area contributed by atoms with Gasteiger partial charge < -0.3 is 25.6 Å². The van der Waals surface area contributed by atoms with Crippen molar-refractivity contribution in [1.82, 2.24) is 15.2 Å². The number of carbonyl (C=O) groups is 3. The number of H-pyrrole nitrogens is 1. The second-order valence-electron chi connectivity index (χ2n) is 8.48. The third-order valence-corrected chi connectivity index (χ3v) is 6.17. The lowest BCUT2D eigenvalue weighted by Crippen LogP contribution is -2.46. The van der Waals surface area contributed by atoms with Crippen LogP contribution in [0.5, 0.6) is 0 Å². The highest BCUT2D eigenvalue weighted by Gasteiger charge is 2.27. The number of hydrogen-bond donors (Lipinski definition) is 4. The van der Waals surface area contributed by atoms with E-state index in [0.29, 0.717) is 52.4 Å². The number of halogens is 1. The molecular formula is C24H27FN4O4. The Morgan fingerprint density at radius 3 is 2.70 bits per heavy atom. The number of aliphatic hydroxyl groups is 1. The van der Waals surface area contributed by atoms with Crippen molar-refractivity contribution < 1.29 is 23.9 Å². The van der Waals surface area contributed by atoms with Crippen LogP contribution in [0.3, 0.4) is 0 Å². The molecule has 1 aromatic heterocycles. The van der Waals surface area contributed by atoms with Gasteiger partial charge in [0.15, 0.2) is 0 Å². The van der Waals surface area contributed by atoms with Gasteiger partial charge in [-0.15, -0.1) is 0 Å². The highest BCUT2D eigenvalue weighted by atomic mass is 19.1. The van der Waals surface area contributed by atoms with Gasteiger partial charge in [-0.1, -0.05) is 0 Å². The van der Waals surface area contributed by atoms with Crippen LogP contribution >= 0.6 is 0 Å². The van der Waals surface area contributed by atoms with Gasteiger partial charge in [-0.3, -0.25) is 14.4 Å². The molecule has 0 aliphatic carbocycles. The fourth-order valence-corrected chi connectivity index (χ4v) is 4.40. The van der Waals surface area contributed by atoms with Gasteiger partial charge in [0.25, 0.3) is 17.7 Å². The molecule has 174 valence electrons. The number of aryl methyl sites for hydroxylation is 1. The number of nitrogens with zero attached hydrogens (tertiary/aromatic N) is 1. The molecule has 0 bridgehead atoms. The van der Waals surface area contributed by atoms with E-state index < -0.39 is 17.8 Å².